The van der Waals surface area contributed by atoms with Gasteiger partial charge < -0.3 is 15.2 Å². The zero-order valence-corrected chi connectivity index (χ0v) is 9.25. The smallest absolute Gasteiger partial charge is 0.306 e. The van der Waals surface area contributed by atoms with Gasteiger partial charge in [-0.3, -0.25) is 4.79 Å². The standard InChI is InChI=1S/C10H21NO3/c1-8(2)6-9(7-12)11-5-4-10(13)14-3/h8-9,11-12H,4-7H2,1-3H3. The van der Waals surface area contributed by atoms with Gasteiger partial charge in [-0.1, -0.05) is 13.8 Å². The zero-order chi connectivity index (χ0) is 11.0. The Balaban J connectivity index is 3.57. The number of nitrogens with one attached hydrogen (secondary N) is 1. The van der Waals surface area contributed by atoms with Crippen molar-refractivity contribution in [1.29, 1.82) is 0 Å². The van der Waals surface area contributed by atoms with E-state index in [4.69, 9.17) is 5.11 Å². The molecule has 0 heterocycles. The summed E-state index contributed by atoms with van der Waals surface area (Å²) in [6, 6.07) is 0.0830. The van der Waals surface area contributed by atoms with Crippen molar-refractivity contribution in [2.45, 2.75) is 32.7 Å². The summed E-state index contributed by atoms with van der Waals surface area (Å²) in [6.07, 6.45) is 1.27. The lowest BCUT2D eigenvalue weighted by atomic mass is 10.0. The normalized spacial score (nSPS) is 12.9. The van der Waals surface area contributed by atoms with E-state index in [1.54, 1.807) is 0 Å². The highest BCUT2D eigenvalue weighted by atomic mass is 16.5. The molecule has 0 rings (SSSR count). The minimum atomic E-state index is -0.223. The van der Waals surface area contributed by atoms with Crippen molar-refractivity contribution >= 4 is 5.97 Å². The van der Waals surface area contributed by atoms with E-state index in [2.05, 4.69) is 23.9 Å². The number of esters is 1. The van der Waals surface area contributed by atoms with Crippen LogP contribution >= 0.6 is 0 Å². The van der Waals surface area contributed by atoms with Gasteiger partial charge in [0.15, 0.2) is 0 Å². The molecule has 0 aliphatic carbocycles. The molecule has 2 N–H and O–H groups in total. The molecule has 0 aromatic carbocycles. The molecule has 0 saturated heterocycles. The number of carbonyl (C=O) groups excluding carboxylic acids is 1. The lowest BCUT2D eigenvalue weighted by molar-refractivity contribution is -0.140. The van der Waals surface area contributed by atoms with Gasteiger partial charge >= 0.3 is 5.97 Å². The third-order valence-corrected chi connectivity index (χ3v) is 1.97. The average molecular weight is 203 g/mol. The van der Waals surface area contributed by atoms with Crippen molar-refractivity contribution in [2.75, 3.05) is 20.3 Å². The quantitative estimate of drug-likeness (QED) is 0.593. The van der Waals surface area contributed by atoms with Crippen molar-refractivity contribution < 1.29 is 14.6 Å². The maximum Gasteiger partial charge on any atom is 0.306 e. The Kier molecular flexibility index (Phi) is 7.42. The fraction of sp³-hybridized carbons (Fsp3) is 0.900. The summed E-state index contributed by atoms with van der Waals surface area (Å²) in [5.41, 5.74) is 0. The first-order chi connectivity index (χ1) is 6.60. The first-order valence-electron chi connectivity index (χ1n) is 5.01. The largest absolute Gasteiger partial charge is 0.469 e. The summed E-state index contributed by atoms with van der Waals surface area (Å²) >= 11 is 0. The van der Waals surface area contributed by atoms with Gasteiger partial charge in [-0.2, -0.15) is 0 Å². The van der Waals surface area contributed by atoms with Gasteiger partial charge in [-0.25, -0.2) is 0 Å². The Morgan fingerprint density at radius 2 is 2.14 bits per heavy atom. The van der Waals surface area contributed by atoms with Crippen LogP contribution in [0.4, 0.5) is 0 Å². The number of rotatable bonds is 7. The average Bonchev–Trinajstić information content (AvgIpc) is 2.15. The summed E-state index contributed by atoms with van der Waals surface area (Å²) in [4.78, 5) is 10.8. The van der Waals surface area contributed by atoms with E-state index in [1.807, 2.05) is 0 Å². The molecule has 4 heteroatoms. The van der Waals surface area contributed by atoms with Crippen LogP contribution in [0.15, 0.2) is 0 Å². The highest BCUT2D eigenvalue weighted by Crippen LogP contribution is 2.03. The maximum absolute atomic E-state index is 10.8. The third kappa shape index (κ3) is 6.86. The number of methoxy groups -OCH3 is 1. The van der Waals surface area contributed by atoms with Gasteiger partial charge in [0.2, 0.25) is 0 Å². The molecular weight excluding hydrogens is 182 g/mol. The number of carbonyl (C=O) groups is 1. The predicted molar refractivity (Wildman–Crippen MR) is 55.0 cm³/mol. The molecule has 0 aliphatic heterocycles. The van der Waals surface area contributed by atoms with Gasteiger partial charge in [0.25, 0.3) is 0 Å². The molecule has 0 radical (unpaired) electrons. The second-order valence-electron chi connectivity index (χ2n) is 3.79. The molecule has 0 aromatic heterocycles. The molecule has 0 saturated carbocycles. The molecule has 0 aromatic rings. The second-order valence-corrected chi connectivity index (χ2v) is 3.79. The minimum absolute atomic E-state index is 0.0830. The van der Waals surface area contributed by atoms with E-state index in [9.17, 15) is 4.79 Å². The van der Waals surface area contributed by atoms with Crippen molar-refractivity contribution in [1.82, 2.24) is 5.32 Å². The van der Waals surface area contributed by atoms with E-state index in [0.717, 1.165) is 6.42 Å². The van der Waals surface area contributed by atoms with Crippen LogP contribution in [0.25, 0.3) is 0 Å². The Labute approximate surface area is 85.6 Å². The monoisotopic (exact) mass is 203 g/mol. The molecular formula is C10H21NO3. The second kappa shape index (κ2) is 7.76. The number of ether oxygens (including phenoxy) is 1. The Bertz CT molecular complexity index is 159. The summed E-state index contributed by atoms with van der Waals surface area (Å²) in [5.74, 6) is 0.316. The first-order valence-corrected chi connectivity index (χ1v) is 5.01. The van der Waals surface area contributed by atoms with E-state index in [-0.39, 0.29) is 18.6 Å². The molecule has 84 valence electrons. The van der Waals surface area contributed by atoms with Crippen LogP contribution in [0, 0.1) is 5.92 Å². The lowest BCUT2D eigenvalue weighted by Crippen LogP contribution is -2.35. The predicted octanol–water partition coefficient (Wildman–Crippen LogP) is 0.546. The number of hydrogen-bond acceptors (Lipinski definition) is 4. The van der Waals surface area contributed by atoms with Crippen LogP contribution in [0.5, 0.6) is 0 Å². The van der Waals surface area contributed by atoms with Crippen LogP contribution in [-0.2, 0) is 9.53 Å². The van der Waals surface area contributed by atoms with Crippen LogP contribution in [0.1, 0.15) is 26.7 Å². The van der Waals surface area contributed by atoms with Gasteiger partial charge in [0.1, 0.15) is 0 Å². The third-order valence-electron chi connectivity index (χ3n) is 1.97. The van der Waals surface area contributed by atoms with E-state index in [0.29, 0.717) is 18.9 Å². The van der Waals surface area contributed by atoms with Gasteiger partial charge in [-0.15, -0.1) is 0 Å². The SMILES string of the molecule is COC(=O)CCNC(CO)CC(C)C. The molecule has 0 spiro atoms. The van der Waals surface area contributed by atoms with Crippen LogP contribution in [0.2, 0.25) is 0 Å². The number of aliphatic hydroxyl groups excluding tert-OH is 1. The Hall–Kier alpha value is -0.610. The molecule has 0 aliphatic rings. The van der Waals surface area contributed by atoms with Crippen molar-refractivity contribution in [3.8, 4) is 0 Å². The molecule has 4 nitrogen and oxygen atoms in total. The topological polar surface area (TPSA) is 58.6 Å². The molecule has 14 heavy (non-hydrogen) atoms. The molecule has 1 unspecified atom stereocenters. The van der Waals surface area contributed by atoms with Crippen molar-refractivity contribution in [2.24, 2.45) is 5.92 Å². The lowest BCUT2D eigenvalue weighted by Gasteiger charge is -2.17. The number of aliphatic hydroxyl groups is 1. The van der Waals surface area contributed by atoms with E-state index >= 15 is 0 Å². The zero-order valence-electron chi connectivity index (χ0n) is 9.25. The fourth-order valence-corrected chi connectivity index (χ4v) is 1.27. The summed E-state index contributed by atoms with van der Waals surface area (Å²) in [5, 5.41) is 12.1. The highest BCUT2D eigenvalue weighted by molar-refractivity contribution is 5.69. The molecule has 0 amide bonds. The summed E-state index contributed by atoms with van der Waals surface area (Å²) in [7, 11) is 1.37. The molecule has 0 fully saturated rings. The van der Waals surface area contributed by atoms with Crippen LogP contribution in [-0.4, -0.2) is 37.4 Å². The maximum atomic E-state index is 10.8. The number of hydrogen-bond donors (Lipinski definition) is 2. The fourth-order valence-electron chi connectivity index (χ4n) is 1.27. The van der Waals surface area contributed by atoms with Crippen LogP contribution < -0.4 is 5.32 Å². The van der Waals surface area contributed by atoms with Crippen molar-refractivity contribution in [3.63, 3.8) is 0 Å². The summed E-state index contributed by atoms with van der Waals surface area (Å²) < 4.78 is 4.51. The first kappa shape index (κ1) is 13.4. The molecule has 1 atom stereocenters. The Morgan fingerprint density at radius 1 is 1.50 bits per heavy atom. The highest BCUT2D eigenvalue weighted by Gasteiger charge is 2.09. The van der Waals surface area contributed by atoms with Gasteiger partial charge in [0, 0.05) is 12.6 Å². The van der Waals surface area contributed by atoms with Gasteiger partial charge in [0.05, 0.1) is 20.1 Å². The summed E-state index contributed by atoms with van der Waals surface area (Å²) in [6.45, 7) is 4.87. The Morgan fingerprint density at radius 3 is 2.57 bits per heavy atom. The molecule has 0 bridgehead atoms. The minimum Gasteiger partial charge on any atom is -0.469 e. The van der Waals surface area contributed by atoms with Crippen molar-refractivity contribution in [3.05, 3.63) is 0 Å². The van der Waals surface area contributed by atoms with Crippen LogP contribution in [0.3, 0.4) is 0 Å². The van der Waals surface area contributed by atoms with E-state index in [1.165, 1.54) is 7.11 Å². The van der Waals surface area contributed by atoms with E-state index < -0.39 is 0 Å². The van der Waals surface area contributed by atoms with Gasteiger partial charge in [-0.05, 0) is 12.3 Å².